The average molecular weight is 315 g/mol. The summed E-state index contributed by atoms with van der Waals surface area (Å²) in [6, 6.07) is 0.528. The van der Waals surface area contributed by atoms with Crippen LogP contribution in [-0.2, 0) is 15.6 Å². The first-order valence-corrected chi connectivity index (χ1v) is 8.68. The molecule has 0 saturated heterocycles. The Morgan fingerprint density at radius 3 is 2.65 bits per heavy atom. The molecule has 0 aromatic carbocycles. The number of imidazole rings is 1. The van der Waals surface area contributed by atoms with Gasteiger partial charge in [-0.15, -0.1) is 0 Å². The number of aryl methyl sites for hydroxylation is 1. The van der Waals surface area contributed by atoms with Crippen LogP contribution in [-0.4, -0.2) is 27.7 Å². The fourth-order valence-electron chi connectivity index (χ4n) is 2.48. The van der Waals surface area contributed by atoms with Crippen molar-refractivity contribution in [3.05, 3.63) is 29.6 Å². The van der Waals surface area contributed by atoms with Gasteiger partial charge in [-0.25, -0.2) is 13.4 Å². The Bertz CT molecular complexity index is 759. The lowest BCUT2D eigenvalue weighted by Gasteiger charge is -2.08. The van der Waals surface area contributed by atoms with Crippen molar-refractivity contribution in [2.24, 2.45) is 0 Å². The fourth-order valence-corrected chi connectivity index (χ4v) is 4.00. The molecule has 0 atom stereocenters. The van der Waals surface area contributed by atoms with Crippen molar-refractivity contribution in [3.63, 3.8) is 0 Å². The van der Waals surface area contributed by atoms with Gasteiger partial charge in [0.2, 0.25) is 0 Å². The monoisotopic (exact) mass is 314 g/mol. The minimum Gasteiger partial charge on any atom is -0.330 e. The number of halogens is 1. The molecule has 0 N–H and O–H groups in total. The summed E-state index contributed by atoms with van der Waals surface area (Å²) in [5, 5.41) is 4.28. The second-order valence-corrected chi connectivity index (χ2v) is 7.62. The summed E-state index contributed by atoms with van der Waals surface area (Å²) in [4.78, 5) is 4.27. The Morgan fingerprint density at radius 1 is 1.40 bits per heavy atom. The summed E-state index contributed by atoms with van der Waals surface area (Å²) in [5.41, 5.74) is 2.01. The third-order valence-electron chi connectivity index (χ3n) is 3.56. The summed E-state index contributed by atoms with van der Waals surface area (Å²) >= 11 is 0. The Labute approximate surface area is 121 Å². The largest absolute Gasteiger partial charge is 0.330 e. The second kappa shape index (κ2) is 4.60. The van der Waals surface area contributed by atoms with Crippen molar-refractivity contribution in [2.45, 2.75) is 44.2 Å². The van der Waals surface area contributed by atoms with Crippen LogP contribution in [0, 0.1) is 13.8 Å². The number of hydrogen-bond acceptors (Lipinski definition) is 4. The van der Waals surface area contributed by atoms with Crippen LogP contribution in [0.1, 0.15) is 36.0 Å². The van der Waals surface area contributed by atoms with Gasteiger partial charge in [0.15, 0.2) is 0 Å². The van der Waals surface area contributed by atoms with Crippen molar-refractivity contribution >= 4 is 19.7 Å². The molecule has 0 amide bonds. The fraction of sp³-hybridized carbons (Fsp3) is 0.500. The summed E-state index contributed by atoms with van der Waals surface area (Å²) in [6.45, 7) is 3.86. The molecule has 0 bridgehead atoms. The summed E-state index contributed by atoms with van der Waals surface area (Å²) in [7, 11) is 1.69. The molecular weight excluding hydrogens is 300 g/mol. The van der Waals surface area contributed by atoms with Crippen LogP contribution in [0.5, 0.6) is 0 Å². The molecule has 6 nitrogen and oxygen atoms in total. The first-order valence-electron chi connectivity index (χ1n) is 6.37. The minimum absolute atomic E-state index is 0.108. The second-order valence-electron chi connectivity index (χ2n) is 5.12. The highest BCUT2D eigenvalue weighted by atomic mass is 35.7. The zero-order chi connectivity index (χ0) is 14.5. The molecule has 3 rings (SSSR count). The zero-order valence-electron chi connectivity index (χ0n) is 11.2. The van der Waals surface area contributed by atoms with Gasteiger partial charge in [0.1, 0.15) is 4.90 Å². The molecule has 0 spiro atoms. The highest BCUT2D eigenvalue weighted by Gasteiger charge is 2.27. The average Bonchev–Trinajstić information content (AvgIpc) is 3.00. The van der Waals surface area contributed by atoms with E-state index < -0.39 is 9.05 Å². The summed E-state index contributed by atoms with van der Waals surface area (Å²) in [5.74, 6) is 0. The molecule has 2 aromatic rings. The molecule has 1 fully saturated rings. The maximum Gasteiger partial charge on any atom is 0.264 e. The van der Waals surface area contributed by atoms with Crippen molar-refractivity contribution in [1.82, 2.24) is 19.3 Å². The van der Waals surface area contributed by atoms with Crippen molar-refractivity contribution in [1.29, 1.82) is 0 Å². The van der Waals surface area contributed by atoms with E-state index in [0.29, 0.717) is 24.0 Å². The van der Waals surface area contributed by atoms with Gasteiger partial charge in [0.25, 0.3) is 9.05 Å². The smallest absolute Gasteiger partial charge is 0.264 e. The molecule has 20 heavy (non-hydrogen) atoms. The van der Waals surface area contributed by atoms with E-state index in [-0.39, 0.29) is 4.90 Å². The van der Waals surface area contributed by atoms with E-state index in [1.807, 2.05) is 6.33 Å². The number of hydrogen-bond donors (Lipinski definition) is 0. The van der Waals surface area contributed by atoms with E-state index in [4.69, 9.17) is 10.7 Å². The Balaban J connectivity index is 1.97. The van der Waals surface area contributed by atoms with E-state index in [9.17, 15) is 8.42 Å². The maximum absolute atomic E-state index is 11.6. The van der Waals surface area contributed by atoms with Gasteiger partial charge >= 0.3 is 0 Å². The van der Waals surface area contributed by atoms with Crippen molar-refractivity contribution < 1.29 is 8.42 Å². The van der Waals surface area contributed by atoms with Crippen molar-refractivity contribution in [3.8, 4) is 0 Å². The molecule has 108 valence electrons. The van der Waals surface area contributed by atoms with Gasteiger partial charge in [0, 0.05) is 16.7 Å². The van der Waals surface area contributed by atoms with E-state index in [2.05, 4.69) is 14.6 Å². The van der Waals surface area contributed by atoms with Crippen LogP contribution < -0.4 is 0 Å². The maximum atomic E-state index is 11.6. The number of aromatic nitrogens is 4. The predicted octanol–water partition coefficient (Wildman–Crippen LogP) is 2.01. The van der Waals surface area contributed by atoms with Gasteiger partial charge in [-0.3, -0.25) is 4.68 Å². The lowest BCUT2D eigenvalue weighted by atomic mass is 10.4. The van der Waals surface area contributed by atoms with E-state index >= 15 is 0 Å². The Morgan fingerprint density at radius 2 is 2.10 bits per heavy atom. The van der Waals surface area contributed by atoms with Gasteiger partial charge in [-0.2, -0.15) is 5.10 Å². The molecule has 1 aliphatic rings. The Hall–Kier alpha value is -1.34. The van der Waals surface area contributed by atoms with Gasteiger partial charge in [0.05, 0.1) is 36.2 Å². The van der Waals surface area contributed by atoms with Crippen LogP contribution in [0.3, 0.4) is 0 Å². The molecule has 8 heteroatoms. The lowest BCUT2D eigenvalue weighted by molar-refractivity contribution is 0.596. The number of rotatable bonds is 4. The third-order valence-corrected chi connectivity index (χ3v) is 5.10. The van der Waals surface area contributed by atoms with Crippen LogP contribution in [0.15, 0.2) is 17.4 Å². The zero-order valence-corrected chi connectivity index (χ0v) is 12.8. The quantitative estimate of drug-likeness (QED) is 0.809. The standard InChI is InChI=1S/C12H15ClN4O2S/c1-8-12(20(13,18)19)9(2)17(15-8)6-11-5-14-7-16(11)10-3-4-10/h5,7,10H,3-4,6H2,1-2H3. The SMILES string of the molecule is Cc1nn(Cc2cncn2C2CC2)c(C)c1S(=O)(=O)Cl. The molecule has 2 heterocycles. The normalized spacial score (nSPS) is 15.8. The van der Waals surface area contributed by atoms with E-state index in [1.54, 1.807) is 24.7 Å². The molecular formula is C12H15ClN4O2S. The molecule has 1 saturated carbocycles. The van der Waals surface area contributed by atoms with Crippen LogP contribution in [0.25, 0.3) is 0 Å². The van der Waals surface area contributed by atoms with Gasteiger partial charge in [-0.05, 0) is 26.7 Å². The lowest BCUT2D eigenvalue weighted by Crippen LogP contribution is -2.09. The highest BCUT2D eigenvalue weighted by molar-refractivity contribution is 8.13. The van der Waals surface area contributed by atoms with E-state index in [0.717, 1.165) is 5.69 Å². The molecule has 0 unspecified atom stereocenters. The first-order chi connectivity index (χ1) is 9.38. The summed E-state index contributed by atoms with van der Waals surface area (Å²) in [6.07, 6.45) is 5.95. The molecule has 0 aliphatic heterocycles. The van der Waals surface area contributed by atoms with Gasteiger partial charge < -0.3 is 4.57 Å². The molecule has 2 aromatic heterocycles. The Kier molecular flexibility index (Phi) is 3.13. The van der Waals surface area contributed by atoms with Crippen molar-refractivity contribution in [2.75, 3.05) is 0 Å². The minimum atomic E-state index is -3.77. The number of nitrogens with zero attached hydrogens (tertiary/aromatic N) is 4. The van der Waals surface area contributed by atoms with E-state index in [1.165, 1.54) is 12.8 Å². The first kappa shape index (κ1) is 13.6. The van der Waals surface area contributed by atoms with Gasteiger partial charge in [-0.1, -0.05) is 0 Å². The van der Waals surface area contributed by atoms with Crippen LogP contribution in [0.4, 0.5) is 0 Å². The molecule has 0 radical (unpaired) electrons. The predicted molar refractivity (Wildman–Crippen MR) is 74.3 cm³/mol. The third kappa shape index (κ3) is 2.35. The topological polar surface area (TPSA) is 69.8 Å². The van der Waals surface area contributed by atoms with Crippen LogP contribution >= 0.6 is 10.7 Å². The summed E-state index contributed by atoms with van der Waals surface area (Å²) < 4.78 is 26.9. The van der Waals surface area contributed by atoms with Crippen LogP contribution in [0.2, 0.25) is 0 Å². The highest BCUT2D eigenvalue weighted by Crippen LogP contribution is 2.36. The molecule has 1 aliphatic carbocycles.